The van der Waals surface area contributed by atoms with E-state index < -0.39 is 10.0 Å². The van der Waals surface area contributed by atoms with Crippen LogP contribution in [-0.4, -0.2) is 32.8 Å². The van der Waals surface area contributed by atoms with E-state index >= 15 is 0 Å². The topological polar surface area (TPSA) is 58.2 Å². The van der Waals surface area contributed by atoms with Gasteiger partial charge in [-0.3, -0.25) is 0 Å². The summed E-state index contributed by atoms with van der Waals surface area (Å²) in [5, 5.41) is 2.92. The van der Waals surface area contributed by atoms with Crippen molar-refractivity contribution in [2.24, 2.45) is 0 Å². The number of nitrogens with one attached hydrogen (secondary N) is 2. The smallest absolute Gasteiger partial charge is 0.214 e. The highest BCUT2D eigenvalue weighted by Crippen LogP contribution is 2.08. The maximum Gasteiger partial charge on any atom is 0.214 e. The Balaban J connectivity index is 2.50. The van der Waals surface area contributed by atoms with Crippen LogP contribution < -0.4 is 10.0 Å². The van der Waals surface area contributed by atoms with Crippen LogP contribution in [0, 0.1) is 0 Å². The van der Waals surface area contributed by atoms with Gasteiger partial charge in [-0.1, -0.05) is 0 Å². The molecule has 0 saturated carbocycles. The summed E-state index contributed by atoms with van der Waals surface area (Å²) < 4.78 is 25.9. The highest BCUT2D eigenvalue weighted by Gasteiger charge is 2.21. The molecule has 1 unspecified atom stereocenters. The molecule has 1 aliphatic rings. The standard InChI is InChI=1S/C9H20N2O2S/c1-8(2)14(12,13)11-9-4-3-6-10-7-5-9/h8-11H,3-7H2,1-2H3. The van der Waals surface area contributed by atoms with Crippen LogP contribution in [0.15, 0.2) is 0 Å². The molecule has 1 rings (SSSR count). The van der Waals surface area contributed by atoms with Gasteiger partial charge in [-0.05, 0) is 46.2 Å². The van der Waals surface area contributed by atoms with E-state index in [1.807, 2.05) is 0 Å². The Hall–Kier alpha value is -0.130. The number of hydrogen-bond donors (Lipinski definition) is 2. The second-order valence-corrected chi connectivity index (χ2v) is 6.36. The Labute approximate surface area is 86.5 Å². The van der Waals surface area contributed by atoms with Crippen LogP contribution in [0.5, 0.6) is 0 Å². The van der Waals surface area contributed by atoms with Crippen molar-refractivity contribution in [1.82, 2.24) is 10.0 Å². The molecule has 0 aromatic heterocycles. The Morgan fingerprint density at radius 3 is 2.64 bits per heavy atom. The molecular weight excluding hydrogens is 200 g/mol. The first-order valence-corrected chi connectivity index (χ1v) is 6.79. The lowest BCUT2D eigenvalue weighted by molar-refractivity contribution is 0.513. The van der Waals surface area contributed by atoms with E-state index in [-0.39, 0.29) is 11.3 Å². The Morgan fingerprint density at radius 2 is 2.00 bits per heavy atom. The molecule has 0 amide bonds. The highest BCUT2D eigenvalue weighted by molar-refractivity contribution is 7.90. The zero-order chi connectivity index (χ0) is 10.6. The van der Waals surface area contributed by atoms with E-state index in [0.29, 0.717) is 0 Å². The maximum atomic E-state index is 11.6. The van der Waals surface area contributed by atoms with E-state index in [4.69, 9.17) is 0 Å². The third-order valence-electron chi connectivity index (χ3n) is 2.53. The summed E-state index contributed by atoms with van der Waals surface area (Å²) in [5.74, 6) is 0. The van der Waals surface area contributed by atoms with Gasteiger partial charge < -0.3 is 5.32 Å². The van der Waals surface area contributed by atoms with Gasteiger partial charge in [0.25, 0.3) is 0 Å². The molecule has 1 aliphatic heterocycles. The molecular formula is C9H20N2O2S. The summed E-state index contributed by atoms with van der Waals surface area (Å²) in [5.41, 5.74) is 0. The molecule has 0 spiro atoms. The monoisotopic (exact) mass is 220 g/mol. The average molecular weight is 220 g/mol. The SMILES string of the molecule is CC(C)S(=O)(=O)NC1CCCNCC1. The average Bonchev–Trinajstić information content (AvgIpc) is 2.32. The van der Waals surface area contributed by atoms with Crippen molar-refractivity contribution in [3.8, 4) is 0 Å². The molecule has 4 nitrogen and oxygen atoms in total. The van der Waals surface area contributed by atoms with Crippen molar-refractivity contribution < 1.29 is 8.42 Å². The van der Waals surface area contributed by atoms with Crippen LogP contribution in [0.4, 0.5) is 0 Å². The molecule has 1 heterocycles. The molecule has 0 aliphatic carbocycles. The maximum absolute atomic E-state index is 11.6. The van der Waals surface area contributed by atoms with Gasteiger partial charge in [0, 0.05) is 6.04 Å². The lowest BCUT2D eigenvalue weighted by Gasteiger charge is -2.17. The summed E-state index contributed by atoms with van der Waals surface area (Å²) in [4.78, 5) is 0. The molecule has 84 valence electrons. The van der Waals surface area contributed by atoms with Gasteiger partial charge in [0.05, 0.1) is 5.25 Å². The lowest BCUT2D eigenvalue weighted by atomic mass is 10.1. The fourth-order valence-corrected chi connectivity index (χ4v) is 2.48. The molecule has 14 heavy (non-hydrogen) atoms. The molecule has 1 saturated heterocycles. The highest BCUT2D eigenvalue weighted by atomic mass is 32.2. The second kappa shape index (κ2) is 5.09. The first-order valence-electron chi connectivity index (χ1n) is 5.24. The Bertz CT molecular complexity index is 254. The predicted molar refractivity (Wildman–Crippen MR) is 57.7 cm³/mol. The van der Waals surface area contributed by atoms with Crippen molar-refractivity contribution in [1.29, 1.82) is 0 Å². The fourth-order valence-electron chi connectivity index (χ4n) is 1.51. The number of rotatable bonds is 3. The minimum Gasteiger partial charge on any atom is -0.317 e. The van der Waals surface area contributed by atoms with Gasteiger partial charge >= 0.3 is 0 Å². The van der Waals surface area contributed by atoms with E-state index in [1.165, 1.54) is 0 Å². The van der Waals surface area contributed by atoms with Crippen LogP contribution in [0.25, 0.3) is 0 Å². The van der Waals surface area contributed by atoms with E-state index in [1.54, 1.807) is 13.8 Å². The quantitative estimate of drug-likeness (QED) is 0.726. The van der Waals surface area contributed by atoms with Gasteiger partial charge in [0.2, 0.25) is 10.0 Å². The normalized spacial score (nSPS) is 24.9. The van der Waals surface area contributed by atoms with Crippen molar-refractivity contribution in [3.05, 3.63) is 0 Å². The Morgan fingerprint density at radius 1 is 1.29 bits per heavy atom. The third-order valence-corrected chi connectivity index (χ3v) is 4.43. The minimum absolute atomic E-state index is 0.123. The minimum atomic E-state index is -3.09. The van der Waals surface area contributed by atoms with Gasteiger partial charge in [-0.2, -0.15) is 0 Å². The summed E-state index contributed by atoms with van der Waals surface area (Å²) in [6.07, 6.45) is 2.89. The first-order chi connectivity index (χ1) is 6.52. The van der Waals surface area contributed by atoms with Gasteiger partial charge in [-0.25, -0.2) is 13.1 Å². The third kappa shape index (κ3) is 3.55. The fraction of sp³-hybridized carbons (Fsp3) is 1.00. The van der Waals surface area contributed by atoms with Gasteiger partial charge in [0.1, 0.15) is 0 Å². The summed E-state index contributed by atoms with van der Waals surface area (Å²) in [7, 11) is -3.09. The number of sulfonamides is 1. The molecule has 0 radical (unpaired) electrons. The molecule has 0 bridgehead atoms. The molecule has 1 fully saturated rings. The zero-order valence-corrected chi connectivity index (χ0v) is 9.73. The molecule has 5 heteroatoms. The zero-order valence-electron chi connectivity index (χ0n) is 8.91. The summed E-state index contributed by atoms with van der Waals surface area (Å²) in [6.45, 7) is 5.32. The largest absolute Gasteiger partial charge is 0.317 e. The predicted octanol–water partition coefficient (Wildman–Crippen LogP) is 0.456. The molecule has 0 aromatic carbocycles. The molecule has 2 N–H and O–H groups in total. The van der Waals surface area contributed by atoms with Crippen LogP contribution in [-0.2, 0) is 10.0 Å². The van der Waals surface area contributed by atoms with Crippen molar-refractivity contribution >= 4 is 10.0 Å². The van der Waals surface area contributed by atoms with E-state index in [0.717, 1.165) is 32.4 Å². The van der Waals surface area contributed by atoms with Crippen LogP contribution in [0.3, 0.4) is 0 Å². The van der Waals surface area contributed by atoms with Crippen molar-refractivity contribution in [2.75, 3.05) is 13.1 Å². The summed E-state index contributed by atoms with van der Waals surface area (Å²) >= 11 is 0. The van der Waals surface area contributed by atoms with Crippen LogP contribution in [0.1, 0.15) is 33.1 Å². The van der Waals surface area contributed by atoms with Crippen molar-refractivity contribution in [2.45, 2.75) is 44.4 Å². The lowest BCUT2D eigenvalue weighted by Crippen LogP contribution is -2.39. The van der Waals surface area contributed by atoms with Crippen molar-refractivity contribution in [3.63, 3.8) is 0 Å². The van der Waals surface area contributed by atoms with Crippen LogP contribution in [0.2, 0.25) is 0 Å². The van der Waals surface area contributed by atoms with E-state index in [2.05, 4.69) is 10.0 Å². The van der Waals surface area contributed by atoms with Gasteiger partial charge in [0.15, 0.2) is 0 Å². The van der Waals surface area contributed by atoms with Gasteiger partial charge in [-0.15, -0.1) is 0 Å². The summed E-state index contributed by atoms with van der Waals surface area (Å²) in [6, 6.07) is 0.123. The molecule has 1 atom stereocenters. The number of hydrogen-bond acceptors (Lipinski definition) is 3. The second-order valence-electron chi connectivity index (χ2n) is 4.09. The van der Waals surface area contributed by atoms with E-state index in [9.17, 15) is 8.42 Å². The molecule has 0 aromatic rings. The Kier molecular flexibility index (Phi) is 4.34. The first kappa shape index (κ1) is 11.9. The van der Waals surface area contributed by atoms with Crippen LogP contribution >= 0.6 is 0 Å².